The van der Waals surface area contributed by atoms with E-state index in [1.165, 1.54) is 23.3 Å². The van der Waals surface area contributed by atoms with E-state index in [4.69, 9.17) is 10.5 Å². The van der Waals surface area contributed by atoms with Crippen LogP contribution in [0.25, 0.3) is 0 Å². The van der Waals surface area contributed by atoms with Gasteiger partial charge in [-0.05, 0) is 12.0 Å². The van der Waals surface area contributed by atoms with E-state index >= 15 is 0 Å². The van der Waals surface area contributed by atoms with Crippen LogP contribution < -0.4 is 5.73 Å². The molecule has 0 aromatic rings. The molecule has 0 aliphatic carbocycles. The molecule has 0 spiro atoms. The van der Waals surface area contributed by atoms with E-state index in [-0.39, 0.29) is 17.6 Å². The van der Waals surface area contributed by atoms with Crippen LogP contribution in [0.2, 0.25) is 0 Å². The Morgan fingerprint density at radius 2 is 2.32 bits per heavy atom. The molecule has 0 amide bonds. The SMILES string of the molecule is C=C1N=C(N)C=CN1[C@@H]1O[C@](/C=C/C(C)C)(CO)[C@@H](O)[C@H]1F. The highest BCUT2D eigenvalue weighted by Crippen LogP contribution is 2.37. The molecule has 6 nitrogen and oxygen atoms in total. The minimum absolute atomic E-state index is 0.172. The van der Waals surface area contributed by atoms with E-state index in [0.29, 0.717) is 0 Å². The Labute approximate surface area is 129 Å². The van der Waals surface area contributed by atoms with Gasteiger partial charge < -0.3 is 25.6 Å². The topological polar surface area (TPSA) is 91.3 Å². The maximum Gasteiger partial charge on any atom is 0.174 e. The first kappa shape index (κ1) is 16.7. The second-order valence-corrected chi connectivity index (χ2v) is 5.79. The normalized spacial score (nSPS) is 35.7. The monoisotopic (exact) mass is 311 g/mol. The van der Waals surface area contributed by atoms with Gasteiger partial charge in [-0.2, -0.15) is 0 Å². The summed E-state index contributed by atoms with van der Waals surface area (Å²) in [5, 5.41) is 19.8. The smallest absolute Gasteiger partial charge is 0.174 e. The van der Waals surface area contributed by atoms with Gasteiger partial charge in [0.25, 0.3) is 0 Å². The van der Waals surface area contributed by atoms with Crippen molar-refractivity contribution >= 4 is 5.84 Å². The number of aliphatic hydroxyl groups is 2. The van der Waals surface area contributed by atoms with Crippen LogP contribution in [-0.2, 0) is 4.74 Å². The number of halogens is 1. The molecule has 1 fully saturated rings. The number of amidine groups is 1. The lowest BCUT2D eigenvalue weighted by Gasteiger charge is -2.31. The first-order valence-corrected chi connectivity index (χ1v) is 7.10. The molecule has 2 rings (SSSR count). The number of alkyl halides is 1. The van der Waals surface area contributed by atoms with Crippen molar-refractivity contribution in [3.05, 3.63) is 36.8 Å². The number of aliphatic hydroxyl groups excluding tert-OH is 2. The van der Waals surface area contributed by atoms with E-state index in [2.05, 4.69) is 11.6 Å². The van der Waals surface area contributed by atoms with Crippen LogP contribution in [0.1, 0.15) is 13.8 Å². The molecule has 0 bridgehead atoms. The van der Waals surface area contributed by atoms with Crippen LogP contribution in [0.3, 0.4) is 0 Å². The lowest BCUT2D eigenvalue weighted by molar-refractivity contribution is -0.106. The molecular weight excluding hydrogens is 289 g/mol. The van der Waals surface area contributed by atoms with Crippen molar-refractivity contribution in [2.75, 3.05) is 6.61 Å². The molecule has 1 saturated heterocycles. The highest BCUT2D eigenvalue weighted by Gasteiger charge is 2.55. The molecule has 0 aromatic carbocycles. The van der Waals surface area contributed by atoms with Crippen LogP contribution in [-0.4, -0.2) is 51.7 Å². The quantitative estimate of drug-likeness (QED) is 0.663. The van der Waals surface area contributed by atoms with Gasteiger partial charge in [-0.3, -0.25) is 0 Å². The number of nitrogens with two attached hydrogens (primary N) is 1. The van der Waals surface area contributed by atoms with Crippen LogP contribution in [0.5, 0.6) is 0 Å². The molecule has 7 heteroatoms. The Kier molecular flexibility index (Phi) is 4.69. The Hall–Kier alpha value is -1.70. The molecule has 4 N–H and O–H groups in total. The van der Waals surface area contributed by atoms with Crippen LogP contribution >= 0.6 is 0 Å². The lowest BCUT2D eigenvalue weighted by Crippen LogP contribution is -2.43. The fourth-order valence-electron chi connectivity index (χ4n) is 2.39. The number of hydrogen-bond acceptors (Lipinski definition) is 6. The standard InChI is InChI=1S/C15H22FN3O3/c1-9(2)4-6-15(8-20)13(21)12(16)14(22-15)19-7-5-11(17)18-10(19)3/h4-7,9,12-14,20-21H,3,8H2,1-2H3,(H2,17,18)/b6-4+/t12-,13+,14-,15-/m1/s1. The molecule has 22 heavy (non-hydrogen) atoms. The van der Waals surface area contributed by atoms with Gasteiger partial charge in [0, 0.05) is 6.20 Å². The van der Waals surface area contributed by atoms with Crippen molar-refractivity contribution in [3.8, 4) is 0 Å². The van der Waals surface area contributed by atoms with Gasteiger partial charge in [-0.1, -0.05) is 32.6 Å². The summed E-state index contributed by atoms with van der Waals surface area (Å²) in [4.78, 5) is 5.30. The predicted octanol–water partition coefficient (Wildman–Crippen LogP) is 0.643. The Morgan fingerprint density at radius 1 is 1.64 bits per heavy atom. The van der Waals surface area contributed by atoms with Gasteiger partial charge >= 0.3 is 0 Å². The fourth-order valence-corrected chi connectivity index (χ4v) is 2.39. The second-order valence-electron chi connectivity index (χ2n) is 5.79. The summed E-state index contributed by atoms with van der Waals surface area (Å²) in [6.07, 6.45) is 1.88. The zero-order chi connectivity index (χ0) is 16.5. The fraction of sp³-hybridized carbons (Fsp3) is 0.533. The van der Waals surface area contributed by atoms with Crippen molar-refractivity contribution in [2.24, 2.45) is 16.6 Å². The summed E-state index contributed by atoms with van der Waals surface area (Å²) in [5.74, 6) is 0.635. The molecular formula is C15H22FN3O3. The predicted molar refractivity (Wildman–Crippen MR) is 81.3 cm³/mol. The number of nitrogens with zero attached hydrogens (tertiary/aromatic N) is 2. The summed E-state index contributed by atoms with van der Waals surface area (Å²) >= 11 is 0. The van der Waals surface area contributed by atoms with Crippen molar-refractivity contribution < 1.29 is 19.3 Å². The highest BCUT2D eigenvalue weighted by atomic mass is 19.1. The Bertz CT molecular complexity index is 532. The van der Waals surface area contributed by atoms with Gasteiger partial charge in [0.1, 0.15) is 23.4 Å². The van der Waals surface area contributed by atoms with Gasteiger partial charge in [0.05, 0.1) is 6.61 Å². The minimum Gasteiger partial charge on any atom is -0.393 e. The average molecular weight is 311 g/mol. The van der Waals surface area contributed by atoms with E-state index in [0.717, 1.165) is 0 Å². The van der Waals surface area contributed by atoms with E-state index < -0.39 is 30.7 Å². The largest absolute Gasteiger partial charge is 0.393 e. The Morgan fingerprint density at radius 3 is 2.86 bits per heavy atom. The zero-order valence-electron chi connectivity index (χ0n) is 12.7. The number of ether oxygens (including phenoxy) is 1. The first-order valence-electron chi connectivity index (χ1n) is 7.10. The number of rotatable bonds is 4. The number of hydrogen-bond donors (Lipinski definition) is 3. The van der Waals surface area contributed by atoms with Crippen LogP contribution in [0.15, 0.2) is 41.8 Å². The van der Waals surface area contributed by atoms with Crippen molar-refractivity contribution in [1.82, 2.24) is 4.90 Å². The molecule has 0 radical (unpaired) electrons. The summed E-state index contributed by atoms with van der Waals surface area (Å²) in [6.45, 7) is 7.02. The van der Waals surface area contributed by atoms with Gasteiger partial charge in [-0.15, -0.1) is 0 Å². The number of aliphatic imine (C=N–C) groups is 1. The minimum atomic E-state index is -1.74. The molecule has 0 unspecified atom stereocenters. The van der Waals surface area contributed by atoms with E-state index in [1.807, 2.05) is 13.8 Å². The maximum atomic E-state index is 14.5. The van der Waals surface area contributed by atoms with E-state index in [1.54, 1.807) is 6.08 Å². The summed E-state index contributed by atoms with van der Waals surface area (Å²) in [7, 11) is 0. The number of allylic oxidation sites excluding steroid dienone is 1. The first-order chi connectivity index (χ1) is 10.3. The summed E-state index contributed by atoms with van der Waals surface area (Å²) in [5.41, 5.74) is 4.06. The van der Waals surface area contributed by atoms with Crippen LogP contribution in [0, 0.1) is 5.92 Å². The van der Waals surface area contributed by atoms with Gasteiger partial charge in [0.15, 0.2) is 12.4 Å². The molecule has 0 aromatic heterocycles. The average Bonchev–Trinajstić information content (AvgIpc) is 2.71. The van der Waals surface area contributed by atoms with Crippen molar-refractivity contribution in [1.29, 1.82) is 0 Å². The second kappa shape index (κ2) is 6.20. The van der Waals surface area contributed by atoms with Gasteiger partial charge in [0.2, 0.25) is 0 Å². The van der Waals surface area contributed by atoms with E-state index in [9.17, 15) is 14.6 Å². The van der Waals surface area contributed by atoms with Crippen LogP contribution in [0.4, 0.5) is 4.39 Å². The molecule has 122 valence electrons. The molecule has 2 heterocycles. The molecule has 2 aliphatic heterocycles. The Balaban J connectivity index is 2.26. The lowest BCUT2D eigenvalue weighted by atomic mass is 9.94. The zero-order valence-corrected chi connectivity index (χ0v) is 12.7. The summed E-state index contributed by atoms with van der Waals surface area (Å²) < 4.78 is 20.2. The van der Waals surface area contributed by atoms with Gasteiger partial charge in [-0.25, -0.2) is 9.38 Å². The molecule has 4 atom stereocenters. The summed E-state index contributed by atoms with van der Waals surface area (Å²) in [6, 6.07) is 0. The maximum absolute atomic E-state index is 14.5. The van der Waals surface area contributed by atoms with Crippen molar-refractivity contribution in [3.63, 3.8) is 0 Å². The van der Waals surface area contributed by atoms with Crippen molar-refractivity contribution in [2.45, 2.75) is 38.0 Å². The third kappa shape index (κ3) is 2.92. The third-order valence-electron chi connectivity index (χ3n) is 3.66. The highest BCUT2D eigenvalue weighted by molar-refractivity contribution is 5.92. The molecule has 2 aliphatic rings. The third-order valence-corrected chi connectivity index (χ3v) is 3.66. The molecule has 0 saturated carbocycles.